The third kappa shape index (κ3) is 2.07. The van der Waals surface area contributed by atoms with Crippen LogP contribution in [0.25, 0.3) is 11.1 Å². The molecule has 0 aliphatic rings. The molecular weight excluding hydrogens is 226 g/mol. The van der Waals surface area contributed by atoms with Crippen molar-refractivity contribution in [1.82, 2.24) is 0 Å². The van der Waals surface area contributed by atoms with Gasteiger partial charge in [0.2, 0.25) is 0 Å². The molecule has 0 saturated heterocycles. The SMILES string of the molecule is CNc1c(C(=O)O)ccc(C)c1-c1ccccc1. The average Bonchev–Trinajstić information content (AvgIpc) is 2.38. The molecule has 0 atom stereocenters. The second kappa shape index (κ2) is 4.92. The van der Waals surface area contributed by atoms with Crippen molar-refractivity contribution in [2.75, 3.05) is 12.4 Å². The predicted octanol–water partition coefficient (Wildman–Crippen LogP) is 3.40. The Morgan fingerprint density at radius 3 is 2.33 bits per heavy atom. The second-order valence-corrected chi connectivity index (χ2v) is 4.10. The van der Waals surface area contributed by atoms with Gasteiger partial charge in [-0.15, -0.1) is 0 Å². The molecule has 0 heterocycles. The standard InChI is InChI=1S/C15H15NO2/c1-10-8-9-12(15(17)18)14(16-2)13(10)11-6-4-3-5-7-11/h3-9,16H,1-2H3,(H,17,18). The van der Waals surface area contributed by atoms with Gasteiger partial charge in [-0.05, 0) is 24.1 Å². The van der Waals surface area contributed by atoms with Gasteiger partial charge in [0, 0.05) is 12.6 Å². The van der Waals surface area contributed by atoms with Crippen LogP contribution >= 0.6 is 0 Å². The molecule has 2 aromatic rings. The highest BCUT2D eigenvalue weighted by Gasteiger charge is 2.15. The predicted molar refractivity (Wildman–Crippen MR) is 73.1 cm³/mol. The van der Waals surface area contributed by atoms with Gasteiger partial charge in [-0.1, -0.05) is 36.4 Å². The van der Waals surface area contributed by atoms with Crippen molar-refractivity contribution in [2.24, 2.45) is 0 Å². The molecule has 18 heavy (non-hydrogen) atoms. The number of carboxylic acid groups (broad SMARTS) is 1. The number of carbonyl (C=O) groups is 1. The van der Waals surface area contributed by atoms with Crippen molar-refractivity contribution in [3.8, 4) is 11.1 Å². The van der Waals surface area contributed by atoms with Gasteiger partial charge >= 0.3 is 5.97 Å². The Bertz CT molecular complexity index is 577. The van der Waals surface area contributed by atoms with E-state index in [-0.39, 0.29) is 0 Å². The van der Waals surface area contributed by atoms with Crippen molar-refractivity contribution >= 4 is 11.7 Å². The molecule has 3 nitrogen and oxygen atoms in total. The maximum absolute atomic E-state index is 11.2. The molecule has 0 saturated carbocycles. The first-order valence-electron chi connectivity index (χ1n) is 5.75. The lowest BCUT2D eigenvalue weighted by atomic mass is 9.95. The highest BCUT2D eigenvalue weighted by molar-refractivity contribution is 5.99. The number of anilines is 1. The van der Waals surface area contributed by atoms with Gasteiger partial charge in [-0.25, -0.2) is 4.79 Å². The zero-order valence-corrected chi connectivity index (χ0v) is 10.4. The molecule has 0 aliphatic carbocycles. The first-order chi connectivity index (χ1) is 8.65. The molecule has 2 rings (SSSR count). The van der Waals surface area contributed by atoms with Gasteiger partial charge in [0.15, 0.2) is 0 Å². The van der Waals surface area contributed by atoms with Crippen LogP contribution in [-0.4, -0.2) is 18.1 Å². The van der Waals surface area contributed by atoms with E-state index in [9.17, 15) is 9.90 Å². The number of carboxylic acids is 1. The van der Waals surface area contributed by atoms with E-state index in [1.807, 2.05) is 43.3 Å². The summed E-state index contributed by atoms with van der Waals surface area (Å²) in [7, 11) is 1.74. The first kappa shape index (κ1) is 12.2. The summed E-state index contributed by atoms with van der Waals surface area (Å²) >= 11 is 0. The number of rotatable bonds is 3. The van der Waals surface area contributed by atoms with Crippen molar-refractivity contribution in [3.05, 3.63) is 53.6 Å². The number of benzene rings is 2. The van der Waals surface area contributed by atoms with E-state index in [0.717, 1.165) is 16.7 Å². The van der Waals surface area contributed by atoms with E-state index in [4.69, 9.17) is 0 Å². The van der Waals surface area contributed by atoms with Gasteiger partial charge < -0.3 is 10.4 Å². The highest BCUT2D eigenvalue weighted by Crippen LogP contribution is 2.33. The van der Waals surface area contributed by atoms with Gasteiger partial charge in [-0.2, -0.15) is 0 Å². The van der Waals surface area contributed by atoms with E-state index in [2.05, 4.69) is 5.32 Å². The fraction of sp³-hybridized carbons (Fsp3) is 0.133. The summed E-state index contributed by atoms with van der Waals surface area (Å²) in [5.41, 5.74) is 3.96. The number of hydrogen-bond donors (Lipinski definition) is 2. The molecular formula is C15H15NO2. The molecule has 0 spiro atoms. The molecule has 0 aliphatic heterocycles. The molecule has 0 bridgehead atoms. The fourth-order valence-corrected chi connectivity index (χ4v) is 2.12. The largest absolute Gasteiger partial charge is 0.478 e. The topological polar surface area (TPSA) is 49.3 Å². The van der Waals surface area contributed by atoms with E-state index >= 15 is 0 Å². The van der Waals surface area contributed by atoms with Gasteiger partial charge in [0.25, 0.3) is 0 Å². The Balaban J connectivity index is 2.73. The number of aromatic carboxylic acids is 1. The van der Waals surface area contributed by atoms with Crippen LogP contribution in [-0.2, 0) is 0 Å². The molecule has 0 aromatic heterocycles. The average molecular weight is 241 g/mol. The van der Waals surface area contributed by atoms with Crippen LogP contribution in [0.15, 0.2) is 42.5 Å². The van der Waals surface area contributed by atoms with Gasteiger partial charge in [-0.3, -0.25) is 0 Å². The third-order valence-corrected chi connectivity index (χ3v) is 2.96. The summed E-state index contributed by atoms with van der Waals surface area (Å²) in [6.45, 7) is 1.98. The summed E-state index contributed by atoms with van der Waals surface area (Å²) in [6.07, 6.45) is 0. The Kier molecular flexibility index (Phi) is 3.33. The summed E-state index contributed by atoms with van der Waals surface area (Å²) in [5.74, 6) is -0.920. The van der Waals surface area contributed by atoms with Crippen LogP contribution in [0.5, 0.6) is 0 Å². The zero-order chi connectivity index (χ0) is 13.1. The van der Waals surface area contributed by atoms with Crippen molar-refractivity contribution < 1.29 is 9.90 Å². The Morgan fingerprint density at radius 1 is 1.11 bits per heavy atom. The van der Waals surface area contributed by atoms with Crippen LogP contribution < -0.4 is 5.32 Å². The zero-order valence-electron chi connectivity index (χ0n) is 10.4. The maximum atomic E-state index is 11.2. The van der Waals surface area contributed by atoms with Crippen LogP contribution in [0.4, 0.5) is 5.69 Å². The van der Waals surface area contributed by atoms with Crippen LogP contribution in [0, 0.1) is 6.92 Å². The highest BCUT2D eigenvalue weighted by atomic mass is 16.4. The summed E-state index contributed by atoms with van der Waals surface area (Å²) in [5, 5.41) is 12.2. The van der Waals surface area contributed by atoms with Crippen molar-refractivity contribution in [3.63, 3.8) is 0 Å². The molecule has 92 valence electrons. The molecule has 3 heteroatoms. The summed E-state index contributed by atoms with van der Waals surface area (Å²) in [6, 6.07) is 13.3. The minimum atomic E-state index is -0.920. The van der Waals surface area contributed by atoms with Gasteiger partial charge in [0.05, 0.1) is 11.3 Å². The summed E-state index contributed by atoms with van der Waals surface area (Å²) in [4.78, 5) is 11.2. The van der Waals surface area contributed by atoms with Crippen molar-refractivity contribution in [1.29, 1.82) is 0 Å². The Hall–Kier alpha value is -2.29. The fourth-order valence-electron chi connectivity index (χ4n) is 2.12. The normalized spacial score (nSPS) is 10.1. The third-order valence-electron chi connectivity index (χ3n) is 2.96. The van der Waals surface area contributed by atoms with Crippen LogP contribution in [0.1, 0.15) is 15.9 Å². The lowest BCUT2D eigenvalue weighted by Crippen LogP contribution is -2.05. The quantitative estimate of drug-likeness (QED) is 0.865. The molecule has 0 radical (unpaired) electrons. The number of aryl methyl sites for hydroxylation is 1. The summed E-state index contributed by atoms with van der Waals surface area (Å²) < 4.78 is 0. The van der Waals surface area contributed by atoms with Crippen molar-refractivity contribution in [2.45, 2.75) is 6.92 Å². The number of hydrogen-bond acceptors (Lipinski definition) is 2. The lowest BCUT2D eigenvalue weighted by molar-refractivity contribution is 0.0698. The maximum Gasteiger partial charge on any atom is 0.337 e. The monoisotopic (exact) mass is 241 g/mol. The minimum Gasteiger partial charge on any atom is -0.478 e. The molecule has 2 N–H and O–H groups in total. The van der Waals surface area contributed by atoms with E-state index in [1.54, 1.807) is 13.1 Å². The van der Waals surface area contributed by atoms with Crippen LogP contribution in [0.3, 0.4) is 0 Å². The second-order valence-electron chi connectivity index (χ2n) is 4.10. The van der Waals surface area contributed by atoms with Crippen LogP contribution in [0.2, 0.25) is 0 Å². The molecule has 0 fully saturated rings. The van der Waals surface area contributed by atoms with Gasteiger partial charge in [0.1, 0.15) is 0 Å². The van der Waals surface area contributed by atoms with E-state index in [1.165, 1.54) is 0 Å². The minimum absolute atomic E-state index is 0.293. The Labute approximate surface area is 106 Å². The van der Waals surface area contributed by atoms with E-state index in [0.29, 0.717) is 11.3 Å². The Morgan fingerprint density at radius 2 is 1.78 bits per heavy atom. The smallest absolute Gasteiger partial charge is 0.337 e. The molecule has 0 amide bonds. The number of nitrogens with one attached hydrogen (secondary N) is 1. The molecule has 0 unspecified atom stereocenters. The first-order valence-corrected chi connectivity index (χ1v) is 5.75. The molecule has 2 aromatic carbocycles. The lowest BCUT2D eigenvalue weighted by Gasteiger charge is -2.15. The van der Waals surface area contributed by atoms with E-state index < -0.39 is 5.97 Å².